The number of nitrogens with one attached hydrogen (secondary N) is 5. The van der Waals surface area contributed by atoms with E-state index in [1.54, 1.807) is 0 Å². The lowest BCUT2D eigenvalue weighted by Crippen LogP contribution is -2.45. The van der Waals surface area contributed by atoms with Crippen molar-refractivity contribution < 1.29 is 24.0 Å². The van der Waals surface area contributed by atoms with Crippen molar-refractivity contribution in [3.63, 3.8) is 0 Å². The minimum Gasteiger partial charge on any atom is -0.357 e. The summed E-state index contributed by atoms with van der Waals surface area (Å²) in [4.78, 5) is 57.4. The number of carbonyl (C=O) groups excluding carboxylic acids is 5. The fourth-order valence-corrected chi connectivity index (χ4v) is 2.44. The van der Waals surface area contributed by atoms with E-state index in [9.17, 15) is 24.0 Å². The molecule has 0 fully saturated rings. The lowest BCUT2D eigenvalue weighted by Gasteiger charge is -2.17. The van der Waals surface area contributed by atoms with E-state index in [4.69, 9.17) is 0 Å². The van der Waals surface area contributed by atoms with E-state index in [-0.39, 0.29) is 42.4 Å². The molecule has 0 saturated carbocycles. The molecule has 2 atom stereocenters. The first-order valence-electron chi connectivity index (χ1n) is 8.95. The third-order valence-corrected chi connectivity index (χ3v) is 3.78. The van der Waals surface area contributed by atoms with Crippen molar-refractivity contribution in [2.45, 2.75) is 58.0 Å². The smallest absolute Gasteiger partial charge is 0.242 e. The number of likely N-dealkylation sites (N-methyl/N-ethyl adjacent to an activating group) is 2. The van der Waals surface area contributed by atoms with Gasteiger partial charge >= 0.3 is 0 Å². The molecule has 0 aliphatic heterocycles. The molecular formula is C17H31N5O5. The summed E-state index contributed by atoms with van der Waals surface area (Å²) in [6.45, 7) is 3.08. The largest absolute Gasteiger partial charge is 0.357 e. The molecule has 0 spiro atoms. The van der Waals surface area contributed by atoms with Crippen LogP contribution in [0.3, 0.4) is 0 Å². The van der Waals surface area contributed by atoms with Crippen LogP contribution in [0.25, 0.3) is 0 Å². The molecule has 10 nitrogen and oxygen atoms in total. The molecule has 0 heterocycles. The second-order valence-corrected chi connectivity index (χ2v) is 6.12. The summed E-state index contributed by atoms with van der Waals surface area (Å²) in [7, 11) is 2.97. The van der Waals surface area contributed by atoms with Gasteiger partial charge in [-0.15, -0.1) is 0 Å². The van der Waals surface area contributed by atoms with Crippen LogP contribution in [0, 0.1) is 0 Å². The van der Waals surface area contributed by atoms with Crippen molar-refractivity contribution in [1.82, 2.24) is 26.6 Å². The van der Waals surface area contributed by atoms with Gasteiger partial charge in [-0.1, -0.05) is 0 Å². The second-order valence-electron chi connectivity index (χ2n) is 6.12. The Morgan fingerprint density at radius 1 is 0.741 bits per heavy atom. The minimum atomic E-state index is -0.746. The molecule has 0 aliphatic carbocycles. The lowest BCUT2D eigenvalue weighted by atomic mass is 10.1. The quantitative estimate of drug-likeness (QED) is 0.261. The van der Waals surface area contributed by atoms with Crippen molar-refractivity contribution >= 4 is 29.5 Å². The second kappa shape index (κ2) is 13.5. The zero-order chi connectivity index (χ0) is 20.8. The van der Waals surface area contributed by atoms with E-state index in [0.717, 1.165) is 0 Å². The summed E-state index contributed by atoms with van der Waals surface area (Å²) in [6.07, 6.45) is 2.06. The van der Waals surface area contributed by atoms with Crippen molar-refractivity contribution in [3.05, 3.63) is 0 Å². The van der Waals surface area contributed by atoms with Gasteiger partial charge in [-0.05, 0) is 25.7 Å². The van der Waals surface area contributed by atoms with Gasteiger partial charge in [-0.2, -0.15) is 0 Å². The van der Waals surface area contributed by atoms with E-state index >= 15 is 0 Å². The average molecular weight is 385 g/mol. The normalized spacial score (nSPS) is 12.3. The highest BCUT2D eigenvalue weighted by Crippen LogP contribution is 2.02. The first-order chi connectivity index (χ1) is 12.7. The van der Waals surface area contributed by atoms with Crippen LogP contribution in [0.15, 0.2) is 0 Å². The first-order valence-corrected chi connectivity index (χ1v) is 8.95. The van der Waals surface area contributed by atoms with Gasteiger partial charge in [0.25, 0.3) is 0 Å². The van der Waals surface area contributed by atoms with E-state index in [1.165, 1.54) is 27.9 Å². The summed E-state index contributed by atoms with van der Waals surface area (Å²) < 4.78 is 0. The Morgan fingerprint density at radius 2 is 1.22 bits per heavy atom. The lowest BCUT2D eigenvalue weighted by molar-refractivity contribution is -0.128. The number of unbranched alkanes of at least 4 members (excludes halogenated alkanes) is 1. The molecule has 2 unspecified atom stereocenters. The molecule has 154 valence electrons. The fourth-order valence-electron chi connectivity index (χ4n) is 2.44. The van der Waals surface area contributed by atoms with Crippen LogP contribution in [0.1, 0.15) is 46.0 Å². The number of hydrogen-bond acceptors (Lipinski definition) is 5. The van der Waals surface area contributed by atoms with Gasteiger partial charge in [0.2, 0.25) is 29.5 Å². The average Bonchev–Trinajstić information content (AvgIpc) is 2.61. The maximum absolute atomic E-state index is 11.9. The first kappa shape index (κ1) is 24.4. The van der Waals surface area contributed by atoms with E-state index in [1.807, 2.05) is 0 Å². The van der Waals surface area contributed by atoms with E-state index in [2.05, 4.69) is 26.6 Å². The third kappa shape index (κ3) is 11.6. The predicted molar refractivity (Wildman–Crippen MR) is 99.4 cm³/mol. The molecule has 5 N–H and O–H groups in total. The van der Waals surface area contributed by atoms with Crippen LogP contribution < -0.4 is 26.6 Å². The maximum atomic E-state index is 11.9. The number of carbonyl (C=O) groups is 5. The topological polar surface area (TPSA) is 146 Å². The molecular weight excluding hydrogens is 354 g/mol. The van der Waals surface area contributed by atoms with Gasteiger partial charge in [0, 0.05) is 40.9 Å². The van der Waals surface area contributed by atoms with Gasteiger partial charge in [-0.3, -0.25) is 24.0 Å². The highest BCUT2D eigenvalue weighted by Gasteiger charge is 2.19. The van der Waals surface area contributed by atoms with E-state index in [0.29, 0.717) is 25.8 Å². The van der Waals surface area contributed by atoms with Crippen LogP contribution in [0.2, 0.25) is 0 Å². The summed E-state index contributed by atoms with van der Waals surface area (Å²) in [5.74, 6) is -1.45. The summed E-state index contributed by atoms with van der Waals surface area (Å²) in [5.41, 5.74) is 0. The Bertz CT molecular complexity index is 538. The minimum absolute atomic E-state index is 0.102. The fraction of sp³-hybridized carbons (Fsp3) is 0.706. The Morgan fingerprint density at radius 3 is 1.67 bits per heavy atom. The van der Waals surface area contributed by atoms with Gasteiger partial charge in [0.05, 0.1) is 0 Å². The van der Waals surface area contributed by atoms with Crippen LogP contribution >= 0.6 is 0 Å². The van der Waals surface area contributed by atoms with Gasteiger partial charge in [-0.25, -0.2) is 0 Å². The monoisotopic (exact) mass is 385 g/mol. The molecule has 0 bridgehead atoms. The van der Waals surface area contributed by atoms with Crippen molar-refractivity contribution in [1.29, 1.82) is 0 Å². The zero-order valence-electron chi connectivity index (χ0n) is 16.4. The number of hydrogen-bond donors (Lipinski definition) is 5. The molecule has 0 aliphatic rings. The van der Waals surface area contributed by atoms with Crippen molar-refractivity contribution in [3.8, 4) is 0 Å². The van der Waals surface area contributed by atoms with Gasteiger partial charge < -0.3 is 26.6 Å². The Kier molecular flexibility index (Phi) is 12.2. The van der Waals surface area contributed by atoms with E-state index < -0.39 is 12.1 Å². The number of amides is 5. The van der Waals surface area contributed by atoms with Crippen LogP contribution in [-0.4, -0.2) is 62.3 Å². The summed E-state index contributed by atoms with van der Waals surface area (Å²) in [6, 6.07) is -1.33. The standard InChI is InChI=1S/C17H31N5O5/c1-11(23)21-13(16(26)18-3)7-5-6-10-20-15(25)9-8-14(17(27)19-4)22-12(2)24/h13-14H,5-10H2,1-4H3,(H,18,26)(H,19,27)(H,20,25)(H,21,23)(H,22,24). The molecule has 5 amide bonds. The number of rotatable bonds is 12. The Labute approximate surface area is 159 Å². The van der Waals surface area contributed by atoms with Crippen LogP contribution in [-0.2, 0) is 24.0 Å². The van der Waals surface area contributed by atoms with Crippen LogP contribution in [0.5, 0.6) is 0 Å². The Balaban J connectivity index is 4.14. The van der Waals surface area contributed by atoms with Crippen molar-refractivity contribution in [2.75, 3.05) is 20.6 Å². The van der Waals surface area contributed by atoms with Gasteiger partial charge in [0.15, 0.2) is 0 Å². The molecule has 10 heteroatoms. The molecule has 0 saturated heterocycles. The molecule has 0 aromatic carbocycles. The maximum Gasteiger partial charge on any atom is 0.242 e. The summed E-state index contributed by atoms with van der Waals surface area (Å²) >= 11 is 0. The zero-order valence-corrected chi connectivity index (χ0v) is 16.4. The molecule has 0 rings (SSSR count). The Hall–Kier alpha value is -2.65. The van der Waals surface area contributed by atoms with Crippen LogP contribution in [0.4, 0.5) is 0 Å². The van der Waals surface area contributed by atoms with Gasteiger partial charge in [0.1, 0.15) is 12.1 Å². The predicted octanol–water partition coefficient (Wildman–Crippen LogP) is -1.45. The molecule has 0 aromatic rings. The SMILES string of the molecule is CNC(=O)C(CCCCNC(=O)CCC(NC(C)=O)C(=O)NC)NC(C)=O. The molecule has 0 radical (unpaired) electrons. The van der Waals surface area contributed by atoms with Crippen molar-refractivity contribution in [2.24, 2.45) is 0 Å². The third-order valence-electron chi connectivity index (χ3n) is 3.78. The summed E-state index contributed by atoms with van der Waals surface area (Å²) in [5, 5.41) is 12.8. The molecule has 0 aromatic heterocycles. The highest BCUT2D eigenvalue weighted by molar-refractivity contribution is 5.87. The molecule has 27 heavy (non-hydrogen) atoms. The highest BCUT2D eigenvalue weighted by atomic mass is 16.2.